The fraction of sp³-hybridized carbons (Fsp3) is 0.188. The number of methoxy groups -OCH3 is 1. The summed E-state index contributed by atoms with van der Waals surface area (Å²) in [7, 11) is -2.33. The van der Waals surface area contributed by atoms with Crippen LogP contribution in [0.25, 0.3) is 0 Å². The zero-order chi connectivity index (χ0) is 17.7. The quantitative estimate of drug-likeness (QED) is 0.820. The van der Waals surface area contributed by atoms with Crippen LogP contribution in [0.5, 0.6) is 5.75 Å². The number of halogens is 1. The second kappa shape index (κ2) is 7.65. The van der Waals surface area contributed by atoms with Gasteiger partial charge in [0.25, 0.3) is 0 Å². The lowest BCUT2D eigenvalue weighted by atomic mass is 10.3. The maximum Gasteiger partial charge on any atom is 0.242 e. The Hall–Kier alpha value is -2.09. The minimum Gasteiger partial charge on any atom is -0.497 e. The maximum atomic E-state index is 12.3. The Morgan fingerprint density at radius 1 is 1.17 bits per heavy atom. The van der Waals surface area contributed by atoms with Crippen LogP contribution < -0.4 is 14.8 Å². The molecule has 128 valence electrons. The molecule has 0 saturated heterocycles. The van der Waals surface area contributed by atoms with Crippen LogP contribution in [0.2, 0.25) is 5.02 Å². The predicted octanol–water partition coefficient (Wildman–Crippen LogP) is 2.65. The van der Waals surface area contributed by atoms with Crippen LogP contribution in [0.3, 0.4) is 0 Å². The Balaban J connectivity index is 2.06. The normalized spacial score (nSPS) is 12.5. The third-order valence-electron chi connectivity index (χ3n) is 3.19. The van der Waals surface area contributed by atoms with Gasteiger partial charge in [-0.25, -0.2) is 8.42 Å². The number of carbonyl (C=O) groups excluding carboxylic acids is 1. The molecule has 2 rings (SSSR count). The van der Waals surface area contributed by atoms with Crippen LogP contribution in [-0.2, 0) is 14.8 Å². The van der Waals surface area contributed by atoms with Gasteiger partial charge in [0.15, 0.2) is 0 Å². The molecular weight excluding hydrogens is 352 g/mol. The fourth-order valence-electron chi connectivity index (χ4n) is 1.93. The van der Waals surface area contributed by atoms with Gasteiger partial charge in [-0.05, 0) is 49.4 Å². The summed E-state index contributed by atoms with van der Waals surface area (Å²) in [5, 5.41) is 3.08. The first-order valence-electron chi connectivity index (χ1n) is 7.04. The van der Waals surface area contributed by atoms with Gasteiger partial charge >= 0.3 is 0 Å². The van der Waals surface area contributed by atoms with Crippen LogP contribution in [0, 0.1) is 0 Å². The molecule has 1 amide bonds. The molecule has 8 heteroatoms. The number of amides is 1. The largest absolute Gasteiger partial charge is 0.497 e. The number of sulfonamides is 1. The maximum absolute atomic E-state index is 12.3. The van der Waals surface area contributed by atoms with Gasteiger partial charge in [0.05, 0.1) is 18.0 Å². The second-order valence-electron chi connectivity index (χ2n) is 5.02. The molecule has 2 aromatic carbocycles. The minimum absolute atomic E-state index is 0.0469. The van der Waals surface area contributed by atoms with Crippen LogP contribution in [0.15, 0.2) is 53.4 Å². The number of nitrogens with one attached hydrogen (secondary N) is 2. The van der Waals surface area contributed by atoms with Crippen molar-refractivity contribution in [1.29, 1.82) is 0 Å². The Morgan fingerprint density at radius 3 is 2.42 bits per heavy atom. The van der Waals surface area contributed by atoms with E-state index < -0.39 is 22.0 Å². The van der Waals surface area contributed by atoms with E-state index in [-0.39, 0.29) is 4.90 Å². The van der Waals surface area contributed by atoms with Gasteiger partial charge in [-0.1, -0.05) is 17.7 Å². The number of ether oxygens (including phenoxy) is 1. The summed E-state index contributed by atoms with van der Waals surface area (Å²) >= 11 is 5.85. The Kier molecular flexibility index (Phi) is 5.82. The standard InChI is InChI=1S/C16H17ClN2O4S/c1-11(16(20)18-13-5-3-4-12(17)10-13)19-24(21,22)15-8-6-14(23-2)7-9-15/h3-11,19H,1-2H3,(H,18,20)/t11-/m1/s1. The van der Waals surface area contributed by atoms with Crippen molar-refractivity contribution in [3.05, 3.63) is 53.6 Å². The minimum atomic E-state index is -3.82. The lowest BCUT2D eigenvalue weighted by Crippen LogP contribution is -2.41. The zero-order valence-electron chi connectivity index (χ0n) is 13.1. The summed E-state index contributed by atoms with van der Waals surface area (Å²) in [6, 6.07) is 11.5. The van der Waals surface area contributed by atoms with Gasteiger partial charge < -0.3 is 10.1 Å². The summed E-state index contributed by atoms with van der Waals surface area (Å²) in [6.45, 7) is 1.46. The molecule has 0 fully saturated rings. The topological polar surface area (TPSA) is 84.5 Å². The lowest BCUT2D eigenvalue weighted by Gasteiger charge is -2.15. The average Bonchev–Trinajstić information content (AvgIpc) is 2.54. The van der Waals surface area contributed by atoms with Crippen molar-refractivity contribution in [3.63, 3.8) is 0 Å². The van der Waals surface area contributed by atoms with Gasteiger partial charge in [0.2, 0.25) is 15.9 Å². The Morgan fingerprint density at radius 2 is 1.83 bits per heavy atom. The molecule has 6 nitrogen and oxygen atoms in total. The number of carbonyl (C=O) groups is 1. The van der Waals surface area contributed by atoms with Crippen molar-refractivity contribution >= 4 is 33.2 Å². The molecule has 0 heterocycles. The number of hydrogen-bond acceptors (Lipinski definition) is 4. The van der Waals surface area contributed by atoms with Crippen LogP contribution in [-0.4, -0.2) is 27.5 Å². The van der Waals surface area contributed by atoms with Crippen LogP contribution in [0.1, 0.15) is 6.92 Å². The number of benzene rings is 2. The number of hydrogen-bond donors (Lipinski definition) is 2. The molecule has 0 aliphatic heterocycles. The van der Waals surface area contributed by atoms with Crippen LogP contribution in [0.4, 0.5) is 5.69 Å². The molecule has 0 bridgehead atoms. The third kappa shape index (κ3) is 4.70. The highest BCUT2D eigenvalue weighted by Gasteiger charge is 2.22. The van der Waals surface area contributed by atoms with Crippen molar-refractivity contribution in [2.24, 2.45) is 0 Å². The molecule has 2 N–H and O–H groups in total. The van der Waals surface area contributed by atoms with Gasteiger partial charge in [0, 0.05) is 10.7 Å². The molecule has 0 spiro atoms. The molecule has 24 heavy (non-hydrogen) atoms. The second-order valence-corrected chi connectivity index (χ2v) is 7.17. The van der Waals surface area contributed by atoms with E-state index in [1.54, 1.807) is 24.3 Å². The van der Waals surface area contributed by atoms with E-state index in [9.17, 15) is 13.2 Å². The van der Waals surface area contributed by atoms with Crippen molar-refractivity contribution in [2.75, 3.05) is 12.4 Å². The monoisotopic (exact) mass is 368 g/mol. The van der Waals surface area contributed by atoms with Gasteiger partial charge in [0.1, 0.15) is 5.75 Å². The molecule has 2 aromatic rings. The van der Waals surface area contributed by atoms with Gasteiger partial charge in [-0.15, -0.1) is 0 Å². The first-order chi connectivity index (χ1) is 11.3. The van der Waals surface area contributed by atoms with Gasteiger partial charge in [-0.2, -0.15) is 4.72 Å². The summed E-state index contributed by atoms with van der Waals surface area (Å²) in [6.07, 6.45) is 0. The summed E-state index contributed by atoms with van der Waals surface area (Å²) in [4.78, 5) is 12.2. The molecule has 0 aliphatic rings. The van der Waals surface area contributed by atoms with E-state index in [0.29, 0.717) is 16.5 Å². The molecule has 0 aliphatic carbocycles. The molecular formula is C16H17ClN2O4S. The van der Waals surface area contributed by atoms with Gasteiger partial charge in [-0.3, -0.25) is 4.79 Å². The highest BCUT2D eigenvalue weighted by molar-refractivity contribution is 7.89. The SMILES string of the molecule is COc1ccc(S(=O)(=O)N[C@H](C)C(=O)Nc2cccc(Cl)c2)cc1. The highest BCUT2D eigenvalue weighted by Crippen LogP contribution is 2.17. The van der Waals surface area contributed by atoms with E-state index in [4.69, 9.17) is 16.3 Å². The molecule has 0 unspecified atom stereocenters. The highest BCUT2D eigenvalue weighted by atomic mass is 35.5. The van der Waals surface area contributed by atoms with E-state index >= 15 is 0 Å². The lowest BCUT2D eigenvalue weighted by molar-refractivity contribution is -0.117. The molecule has 0 radical (unpaired) electrons. The van der Waals surface area contributed by atoms with Crippen molar-refractivity contribution in [2.45, 2.75) is 17.9 Å². The van der Waals surface area contributed by atoms with E-state index in [1.807, 2.05) is 0 Å². The first-order valence-corrected chi connectivity index (χ1v) is 8.91. The smallest absolute Gasteiger partial charge is 0.242 e. The molecule has 1 atom stereocenters. The average molecular weight is 369 g/mol. The van der Waals surface area contributed by atoms with Crippen molar-refractivity contribution in [1.82, 2.24) is 4.72 Å². The fourth-order valence-corrected chi connectivity index (χ4v) is 3.32. The Bertz CT molecular complexity index is 822. The first kappa shape index (κ1) is 18.3. The third-order valence-corrected chi connectivity index (χ3v) is 4.98. The number of rotatable bonds is 6. The molecule has 0 aromatic heterocycles. The van der Waals surface area contributed by atoms with E-state index in [2.05, 4.69) is 10.0 Å². The van der Waals surface area contributed by atoms with E-state index in [1.165, 1.54) is 38.3 Å². The Labute approximate surface area is 145 Å². The van der Waals surface area contributed by atoms with E-state index in [0.717, 1.165) is 0 Å². The molecule has 0 saturated carbocycles. The summed E-state index contributed by atoms with van der Waals surface area (Å²) in [5.74, 6) is 0.0510. The van der Waals surface area contributed by atoms with Crippen molar-refractivity contribution in [3.8, 4) is 5.75 Å². The van der Waals surface area contributed by atoms with Crippen LogP contribution >= 0.6 is 11.6 Å². The van der Waals surface area contributed by atoms with Crippen molar-refractivity contribution < 1.29 is 17.9 Å². The predicted molar refractivity (Wildman–Crippen MR) is 92.9 cm³/mol. The summed E-state index contributed by atoms with van der Waals surface area (Å²) < 4.78 is 31.9. The zero-order valence-corrected chi connectivity index (χ0v) is 14.7. The number of anilines is 1. The summed E-state index contributed by atoms with van der Waals surface area (Å²) in [5.41, 5.74) is 0.489.